The van der Waals surface area contributed by atoms with Crippen LogP contribution in [-0.2, 0) is 4.79 Å². The molecule has 0 aliphatic heterocycles. The SMILES string of the molecule is CCCCCCCCCCCC(=O)C(CCCCCCCCC)NCC(O)CO. The molecule has 0 aromatic heterocycles. The van der Waals surface area contributed by atoms with Crippen molar-refractivity contribution in [3.05, 3.63) is 0 Å². The first-order chi connectivity index (χ1) is 14.2. The van der Waals surface area contributed by atoms with Crippen LogP contribution in [0, 0.1) is 0 Å². The van der Waals surface area contributed by atoms with Crippen molar-refractivity contribution in [2.24, 2.45) is 0 Å². The van der Waals surface area contributed by atoms with Gasteiger partial charge in [-0.25, -0.2) is 0 Å². The normalized spacial score (nSPS) is 13.5. The van der Waals surface area contributed by atoms with E-state index in [0.717, 1.165) is 25.7 Å². The minimum absolute atomic E-state index is 0.166. The number of Topliss-reactive ketones (excluding diaryl/α,β-unsaturated/α-hetero) is 1. The van der Waals surface area contributed by atoms with Gasteiger partial charge in [0.2, 0.25) is 0 Å². The van der Waals surface area contributed by atoms with Crippen molar-refractivity contribution < 1.29 is 15.0 Å². The summed E-state index contributed by atoms with van der Waals surface area (Å²) in [6.07, 6.45) is 20.7. The molecule has 4 nitrogen and oxygen atoms in total. The quantitative estimate of drug-likeness (QED) is 0.182. The highest BCUT2D eigenvalue weighted by molar-refractivity contribution is 5.83. The molecule has 0 aliphatic carbocycles. The van der Waals surface area contributed by atoms with E-state index in [1.54, 1.807) is 0 Å². The fraction of sp³-hybridized carbons (Fsp3) is 0.960. The monoisotopic (exact) mass is 413 g/mol. The van der Waals surface area contributed by atoms with Crippen molar-refractivity contribution in [3.63, 3.8) is 0 Å². The number of hydrogen-bond donors (Lipinski definition) is 3. The van der Waals surface area contributed by atoms with Crippen LogP contribution in [0.4, 0.5) is 0 Å². The van der Waals surface area contributed by atoms with Gasteiger partial charge in [-0.1, -0.05) is 110 Å². The zero-order chi connectivity index (χ0) is 21.6. The summed E-state index contributed by atoms with van der Waals surface area (Å²) < 4.78 is 0. The second kappa shape index (κ2) is 22.2. The average molecular weight is 414 g/mol. The third kappa shape index (κ3) is 19.3. The lowest BCUT2D eigenvalue weighted by Crippen LogP contribution is -2.41. The molecule has 0 heterocycles. The molecule has 0 saturated carbocycles. The molecule has 2 unspecified atom stereocenters. The van der Waals surface area contributed by atoms with E-state index in [9.17, 15) is 9.90 Å². The molecule has 0 radical (unpaired) electrons. The summed E-state index contributed by atoms with van der Waals surface area (Å²) in [5.74, 6) is 0.282. The molecule has 3 N–H and O–H groups in total. The minimum Gasteiger partial charge on any atom is -0.394 e. The van der Waals surface area contributed by atoms with E-state index in [0.29, 0.717) is 13.0 Å². The van der Waals surface area contributed by atoms with Crippen LogP contribution in [0.25, 0.3) is 0 Å². The summed E-state index contributed by atoms with van der Waals surface area (Å²) in [4.78, 5) is 12.6. The molecule has 0 fully saturated rings. The van der Waals surface area contributed by atoms with Crippen molar-refractivity contribution in [1.82, 2.24) is 5.32 Å². The zero-order valence-electron chi connectivity index (χ0n) is 19.6. The van der Waals surface area contributed by atoms with Crippen molar-refractivity contribution >= 4 is 5.78 Å². The number of carbonyl (C=O) groups is 1. The molecule has 174 valence electrons. The molecule has 0 bridgehead atoms. The third-order valence-corrected chi connectivity index (χ3v) is 5.82. The van der Waals surface area contributed by atoms with Gasteiger partial charge in [0.25, 0.3) is 0 Å². The fourth-order valence-corrected chi connectivity index (χ4v) is 3.81. The topological polar surface area (TPSA) is 69.6 Å². The zero-order valence-corrected chi connectivity index (χ0v) is 19.6. The van der Waals surface area contributed by atoms with Gasteiger partial charge in [-0.15, -0.1) is 0 Å². The lowest BCUT2D eigenvalue weighted by molar-refractivity contribution is -0.121. The van der Waals surface area contributed by atoms with Gasteiger partial charge in [-0.2, -0.15) is 0 Å². The molecule has 2 atom stereocenters. The number of aliphatic hydroxyl groups excluding tert-OH is 2. The average Bonchev–Trinajstić information content (AvgIpc) is 2.73. The number of rotatable bonds is 23. The predicted molar refractivity (Wildman–Crippen MR) is 124 cm³/mol. The second-order valence-corrected chi connectivity index (χ2v) is 8.75. The molecule has 0 saturated heterocycles. The number of hydrogen-bond acceptors (Lipinski definition) is 4. The molecule has 4 heteroatoms. The van der Waals surface area contributed by atoms with E-state index in [1.807, 2.05) is 0 Å². The summed E-state index contributed by atoms with van der Waals surface area (Å²) in [6, 6.07) is -0.166. The van der Waals surface area contributed by atoms with E-state index in [1.165, 1.54) is 83.5 Å². The summed E-state index contributed by atoms with van der Waals surface area (Å²) in [5, 5.41) is 21.8. The Bertz CT molecular complexity index is 349. The highest BCUT2D eigenvalue weighted by atomic mass is 16.3. The van der Waals surface area contributed by atoms with Crippen LogP contribution in [0.3, 0.4) is 0 Å². The van der Waals surface area contributed by atoms with Crippen molar-refractivity contribution in [2.45, 2.75) is 142 Å². The number of ketones is 1. The Labute approximate surface area is 181 Å². The Morgan fingerprint density at radius 1 is 0.724 bits per heavy atom. The fourth-order valence-electron chi connectivity index (χ4n) is 3.81. The lowest BCUT2D eigenvalue weighted by Gasteiger charge is -2.19. The van der Waals surface area contributed by atoms with Gasteiger partial charge in [0, 0.05) is 13.0 Å². The Balaban J connectivity index is 3.97. The van der Waals surface area contributed by atoms with E-state index >= 15 is 0 Å². The Hall–Kier alpha value is -0.450. The number of aliphatic hydroxyl groups is 2. The van der Waals surface area contributed by atoms with E-state index in [-0.39, 0.29) is 18.4 Å². The smallest absolute Gasteiger partial charge is 0.149 e. The summed E-state index contributed by atoms with van der Waals surface area (Å²) >= 11 is 0. The molecule has 0 amide bonds. The van der Waals surface area contributed by atoms with E-state index in [4.69, 9.17) is 5.11 Å². The van der Waals surface area contributed by atoms with Crippen molar-refractivity contribution in [2.75, 3.05) is 13.2 Å². The van der Waals surface area contributed by atoms with Crippen molar-refractivity contribution in [3.8, 4) is 0 Å². The molecule has 0 aromatic rings. The first-order valence-electron chi connectivity index (χ1n) is 12.7. The molecule has 0 rings (SSSR count). The van der Waals surface area contributed by atoms with Gasteiger partial charge >= 0.3 is 0 Å². The van der Waals surface area contributed by atoms with Crippen LogP contribution < -0.4 is 5.32 Å². The lowest BCUT2D eigenvalue weighted by atomic mass is 9.98. The predicted octanol–water partition coefficient (Wildman–Crippen LogP) is 5.93. The van der Waals surface area contributed by atoms with Gasteiger partial charge in [-0.3, -0.25) is 4.79 Å². The van der Waals surface area contributed by atoms with E-state index in [2.05, 4.69) is 19.2 Å². The maximum Gasteiger partial charge on any atom is 0.149 e. The van der Waals surface area contributed by atoms with Crippen LogP contribution in [0.5, 0.6) is 0 Å². The summed E-state index contributed by atoms with van der Waals surface area (Å²) in [5.41, 5.74) is 0. The van der Waals surface area contributed by atoms with Crippen LogP contribution in [0.15, 0.2) is 0 Å². The summed E-state index contributed by atoms with van der Waals surface area (Å²) in [6.45, 7) is 4.51. The van der Waals surface area contributed by atoms with Crippen LogP contribution in [0.2, 0.25) is 0 Å². The van der Waals surface area contributed by atoms with Crippen molar-refractivity contribution in [1.29, 1.82) is 0 Å². The molecule has 29 heavy (non-hydrogen) atoms. The van der Waals surface area contributed by atoms with Gasteiger partial charge < -0.3 is 15.5 Å². The third-order valence-electron chi connectivity index (χ3n) is 5.82. The maximum atomic E-state index is 12.6. The maximum absolute atomic E-state index is 12.6. The van der Waals surface area contributed by atoms with Gasteiger partial charge in [0.15, 0.2) is 0 Å². The Morgan fingerprint density at radius 3 is 1.66 bits per heavy atom. The largest absolute Gasteiger partial charge is 0.394 e. The second-order valence-electron chi connectivity index (χ2n) is 8.75. The number of nitrogens with one attached hydrogen (secondary N) is 1. The van der Waals surface area contributed by atoms with Crippen LogP contribution >= 0.6 is 0 Å². The molecular formula is C25H51NO3. The standard InChI is InChI=1S/C25H51NO3/c1-3-5-7-9-11-12-14-16-18-20-25(29)24(26-21-23(28)22-27)19-17-15-13-10-8-6-4-2/h23-24,26-28H,3-22H2,1-2H3. The molecule has 0 aliphatic rings. The molecular weight excluding hydrogens is 362 g/mol. The van der Waals surface area contributed by atoms with Gasteiger partial charge in [-0.05, 0) is 12.8 Å². The molecule has 0 spiro atoms. The van der Waals surface area contributed by atoms with Gasteiger partial charge in [0.1, 0.15) is 5.78 Å². The first-order valence-corrected chi connectivity index (χ1v) is 12.7. The first kappa shape index (κ1) is 28.5. The van der Waals surface area contributed by atoms with Crippen LogP contribution in [-0.4, -0.2) is 41.3 Å². The minimum atomic E-state index is -0.785. The van der Waals surface area contributed by atoms with Gasteiger partial charge in [0.05, 0.1) is 18.8 Å². The number of unbranched alkanes of at least 4 members (excludes halogenated alkanes) is 14. The summed E-state index contributed by atoms with van der Waals surface area (Å²) in [7, 11) is 0. The Morgan fingerprint density at radius 2 is 1.17 bits per heavy atom. The highest BCUT2D eigenvalue weighted by Gasteiger charge is 2.18. The molecule has 0 aromatic carbocycles. The Kier molecular flexibility index (Phi) is 21.9. The highest BCUT2D eigenvalue weighted by Crippen LogP contribution is 2.14. The number of carbonyl (C=O) groups excluding carboxylic acids is 1. The van der Waals surface area contributed by atoms with E-state index < -0.39 is 6.10 Å². The van der Waals surface area contributed by atoms with Crippen LogP contribution in [0.1, 0.15) is 129 Å².